The van der Waals surface area contributed by atoms with Crippen LogP contribution in [0.4, 0.5) is 17.6 Å². The summed E-state index contributed by atoms with van der Waals surface area (Å²) in [6.45, 7) is 1.97. The summed E-state index contributed by atoms with van der Waals surface area (Å²) in [4.78, 5) is 3.93. The van der Waals surface area contributed by atoms with E-state index in [1.54, 1.807) is 0 Å². The van der Waals surface area contributed by atoms with Gasteiger partial charge in [0.1, 0.15) is 0 Å². The summed E-state index contributed by atoms with van der Waals surface area (Å²) < 4.78 is 0. The Morgan fingerprint density at radius 1 is 1.47 bits per heavy atom. The van der Waals surface area contributed by atoms with Crippen LogP contribution in [-0.2, 0) is 0 Å². The zero-order chi connectivity index (χ0) is 10.8. The standard InChI is InChI=1S/C9H10ClN5/c1-5-2-3-6(10)4-7(5)12-9-13-8(11)14-15-9/h2-4H,1H3,(H4,11,12,13,14,15). The van der Waals surface area contributed by atoms with E-state index < -0.39 is 0 Å². The lowest BCUT2D eigenvalue weighted by Gasteiger charge is -2.05. The Bertz CT molecular complexity index is 479. The molecule has 6 heteroatoms. The first-order valence-corrected chi connectivity index (χ1v) is 4.74. The molecule has 5 nitrogen and oxygen atoms in total. The van der Waals surface area contributed by atoms with Crippen LogP contribution in [0.5, 0.6) is 0 Å². The van der Waals surface area contributed by atoms with E-state index in [0.717, 1.165) is 11.3 Å². The van der Waals surface area contributed by atoms with E-state index in [-0.39, 0.29) is 5.95 Å². The van der Waals surface area contributed by atoms with Crippen LogP contribution < -0.4 is 11.1 Å². The van der Waals surface area contributed by atoms with Gasteiger partial charge in [-0.25, -0.2) is 5.10 Å². The number of aryl methyl sites for hydroxylation is 1. The van der Waals surface area contributed by atoms with Gasteiger partial charge in [-0.1, -0.05) is 17.7 Å². The molecule has 0 bridgehead atoms. The molecule has 4 N–H and O–H groups in total. The number of aromatic nitrogens is 3. The van der Waals surface area contributed by atoms with Gasteiger partial charge in [-0.3, -0.25) is 0 Å². The molecule has 0 amide bonds. The summed E-state index contributed by atoms with van der Waals surface area (Å²) in [6.07, 6.45) is 0. The van der Waals surface area contributed by atoms with Crippen molar-refractivity contribution in [2.24, 2.45) is 0 Å². The minimum atomic E-state index is 0.275. The Kier molecular flexibility index (Phi) is 2.47. The first-order valence-electron chi connectivity index (χ1n) is 4.36. The fourth-order valence-corrected chi connectivity index (χ4v) is 1.35. The number of nitrogens with two attached hydrogens (primary N) is 1. The quantitative estimate of drug-likeness (QED) is 0.728. The number of rotatable bonds is 2. The van der Waals surface area contributed by atoms with E-state index in [9.17, 15) is 0 Å². The molecule has 15 heavy (non-hydrogen) atoms. The van der Waals surface area contributed by atoms with E-state index in [0.29, 0.717) is 11.0 Å². The number of anilines is 3. The molecule has 0 saturated heterocycles. The molecule has 0 radical (unpaired) electrons. The van der Waals surface area contributed by atoms with Crippen molar-refractivity contribution in [1.29, 1.82) is 0 Å². The molecule has 0 unspecified atom stereocenters. The second-order valence-corrected chi connectivity index (χ2v) is 3.56. The number of aromatic amines is 1. The number of H-pyrrole nitrogens is 1. The Labute approximate surface area is 91.7 Å². The third-order valence-electron chi connectivity index (χ3n) is 1.95. The molecule has 0 spiro atoms. The van der Waals surface area contributed by atoms with E-state index >= 15 is 0 Å². The number of benzene rings is 1. The first kappa shape index (κ1) is 9.79. The molecule has 0 aliphatic rings. The van der Waals surface area contributed by atoms with E-state index in [1.165, 1.54) is 0 Å². The van der Waals surface area contributed by atoms with Crippen LogP contribution in [0.2, 0.25) is 5.02 Å². The number of nitrogen functional groups attached to an aromatic ring is 1. The van der Waals surface area contributed by atoms with Crippen LogP contribution in [0.15, 0.2) is 18.2 Å². The molecule has 2 rings (SSSR count). The van der Waals surface area contributed by atoms with Crippen molar-refractivity contribution in [2.45, 2.75) is 6.92 Å². The molecule has 0 saturated carbocycles. The highest BCUT2D eigenvalue weighted by atomic mass is 35.5. The summed E-state index contributed by atoms with van der Waals surface area (Å²) in [5, 5.41) is 10.1. The minimum Gasteiger partial charge on any atom is -0.368 e. The smallest absolute Gasteiger partial charge is 0.248 e. The largest absolute Gasteiger partial charge is 0.368 e. The van der Waals surface area contributed by atoms with Crippen molar-refractivity contribution in [3.63, 3.8) is 0 Å². The van der Waals surface area contributed by atoms with Gasteiger partial charge in [-0.15, -0.1) is 5.10 Å². The average Bonchev–Trinajstić information content (AvgIpc) is 2.58. The zero-order valence-electron chi connectivity index (χ0n) is 8.08. The molecule has 0 aliphatic heterocycles. The summed E-state index contributed by atoms with van der Waals surface area (Å²) in [6, 6.07) is 5.55. The maximum atomic E-state index is 5.87. The van der Waals surface area contributed by atoms with Gasteiger partial charge in [0.2, 0.25) is 11.9 Å². The topological polar surface area (TPSA) is 79.6 Å². The highest BCUT2D eigenvalue weighted by molar-refractivity contribution is 6.30. The fraction of sp³-hybridized carbons (Fsp3) is 0.111. The fourth-order valence-electron chi connectivity index (χ4n) is 1.18. The number of nitrogens with zero attached hydrogens (tertiary/aromatic N) is 2. The lowest BCUT2D eigenvalue weighted by molar-refractivity contribution is 1.10. The van der Waals surface area contributed by atoms with E-state index in [2.05, 4.69) is 20.5 Å². The molecular formula is C9H10ClN5. The van der Waals surface area contributed by atoms with Gasteiger partial charge in [-0.2, -0.15) is 4.98 Å². The molecule has 2 aromatic rings. The predicted octanol–water partition coefficient (Wildman–Crippen LogP) is 2.09. The van der Waals surface area contributed by atoms with Gasteiger partial charge in [0.25, 0.3) is 0 Å². The molecule has 1 heterocycles. The third kappa shape index (κ3) is 2.19. The van der Waals surface area contributed by atoms with Crippen LogP contribution >= 0.6 is 11.6 Å². The Morgan fingerprint density at radius 3 is 2.93 bits per heavy atom. The van der Waals surface area contributed by atoms with Crippen molar-refractivity contribution in [3.05, 3.63) is 28.8 Å². The van der Waals surface area contributed by atoms with Crippen molar-refractivity contribution >= 4 is 29.2 Å². The normalized spacial score (nSPS) is 10.3. The summed E-state index contributed by atoms with van der Waals surface area (Å²) in [7, 11) is 0. The lowest BCUT2D eigenvalue weighted by Crippen LogP contribution is -1.95. The Balaban J connectivity index is 2.27. The maximum absolute atomic E-state index is 5.87. The first-order chi connectivity index (χ1) is 7.15. The van der Waals surface area contributed by atoms with Gasteiger partial charge < -0.3 is 11.1 Å². The van der Waals surface area contributed by atoms with E-state index in [1.807, 2.05) is 25.1 Å². The van der Waals surface area contributed by atoms with Gasteiger partial charge >= 0.3 is 0 Å². The zero-order valence-corrected chi connectivity index (χ0v) is 8.84. The van der Waals surface area contributed by atoms with Crippen molar-refractivity contribution in [1.82, 2.24) is 15.2 Å². The van der Waals surface area contributed by atoms with Gasteiger partial charge in [0.15, 0.2) is 0 Å². The maximum Gasteiger partial charge on any atom is 0.248 e. The predicted molar refractivity (Wildman–Crippen MR) is 60.3 cm³/mol. The van der Waals surface area contributed by atoms with Crippen molar-refractivity contribution < 1.29 is 0 Å². The monoisotopic (exact) mass is 223 g/mol. The lowest BCUT2D eigenvalue weighted by atomic mass is 10.2. The number of halogens is 1. The number of hydrogen-bond donors (Lipinski definition) is 3. The van der Waals surface area contributed by atoms with Gasteiger partial charge in [-0.05, 0) is 24.6 Å². The molecular weight excluding hydrogens is 214 g/mol. The van der Waals surface area contributed by atoms with Crippen LogP contribution in [0, 0.1) is 6.92 Å². The van der Waals surface area contributed by atoms with Gasteiger partial charge in [0.05, 0.1) is 0 Å². The highest BCUT2D eigenvalue weighted by Gasteiger charge is 2.03. The summed E-state index contributed by atoms with van der Waals surface area (Å²) in [5.41, 5.74) is 7.33. The van der Waals surface area contributed by atoms with Crippen LogP contribution in [0.3, 0.4) is 0 Å². The van der Waals surface area contributed by atoms with Gasteiger partial charge in [0, 0.05) is 10.7 Å². The number of nitrogens with one attached hydrogen (secondary N) is 2. The highest BCUT2D eigenvalue weighted by Crippen LogP contribution is 2.22. The molecule has 1 aromatic heterocycles. The second kappa shape index (κ2) is 3.78. The van der Waals surface area contributed by atoms with Crippen molar-refractivity contribution in [3.8, 4) is 0 Å². The summed E-state index contributed by atoms with van der Waals surface area (Å²) >= 11 is 5.87. The van der Waals surface area contributed by atoms with Crippen LogP contribution in [0.25, 0.3) is 0 Å². The second-order valence-electron chi connectivity index (χ2n) is 3.13. The Hall–Kier alpha value is -1.75. The van der Waals surface area contributed by atoms with Crippen molar-refractivity contribution in [2.75, 3.05) is 11.1 Å². The minimum absolute atomic E-state index is 0.275. The molecule has 0 fully saturated rings. The molecule has 78 valence electrons. The molecule has 0 aliphatic carbocycles. The summed E-state index contributed by atoms with van der Waals surface area (Å²) in [5.74, 6) is 0.704. The average molecular weight is 224 g/mol. The third-order valence-corrected chi connectivity index (χ3v) is 2.18. The van der Waals surface area contributed by atoms with E-state index in [4.69, 9.17) is 17.3 Å². The molecule has 1 aromatic carbocycles. The SMILES string of the molecule is Cc1ccc(Cl)cc1Nc1n[nH]c(N)n1. The Morgan fingerprint density at radius 2 is 2.27 bits per heavy atom. The number of hydrogen-bond acceptors (Lipinski definition) is 4. The van der Waals surface area contributed by atoms with Crippen LogP contribution in [0.1, 0.15) is 5.56 Å². The molecule has 0 atom stereocenters. The van der Waals surface area contributed by atoms with Crippen LogP contribution in [-0.4, -0.2) is 15.2 Å².